The summed E-state index contributed by atoms with van der Waals surface area (Å²) in [4.78, 5) is 22.8. The Bertz CT molecular complexity index is 559. The molecule has 0 spiro atoms. The zero-order valence-electron chi connectivity index (χ0n) is 15.7. The summed E-state index contributed by atoms with van der Waals surface area (Å²) in [7, 11) is 0. The second-order valence-electron chi connectivity index (χ2n) is 5.99. The van der Waals surface area contributed by atoms with Gasteiger partial charge in [-0.2, -0.15) is 0 Å². The van der Waals surface area contributed by atoms with Crippen LogP contribution in [0.1, 0.15) is 38.7 Å². The highest BCUT2D eigenvalue weighted by atomic mass is 127. The van der Waals surface area contributed by atoms with Gasteiger partial charge in [-0.25, -0.2) is 9.98 Å². The van der Waals surface area contributed by atoms with E-state index in [0.29, 0.717) is 25.0 Å². The molecule has 0 radical (unpaired) electrons. The first kappa shape index (κ1) is 22.5. The van der Waals surface area contributed by atoms with Gasteiger partial charge < -0.3 is 20.3 Å². The van der Waals surface area contributed by atoms with Crippen molar-refractivity contribution in [3.8, 4) is 5.88 Å². The van der Waals surface area contributed by atoms with Crippen LogP contribution in [0.25, 0.3) is 0 Å². The molecule has 1 aromatic rings. The van der Waals surface area contributed by atoms with E-state index in [9.17, 15) is 4.79 Å². The minimum absolute atomic E-state index is 0. The standard InChI is InChI=1S/C18H29N5O2.HI/c1-3-11-25-16-8-7-15(12-20-16)13-21-18(19-4-2)22-14-17(24)23-9-5-6-10-23;/h7-8,12H,3-6,9-11,13-14H2,1-2H3,(H2,19,21,22);1H. The molecule has 0 unspecified atom stereocenters. The Morgan fingerprint density at radius 1 is 1.27 bits per heavy atom. The van der Waals surface area contributed by atoms with Crippen LogP contribution in [-0.4, -0.2) is 54.5 Å². The zero-order valence-corrected chi connectivity index (χ0v) is 18.0. The summed E-state index contributed by atoms with van der Waals surface area (Å²) in [5.74, 6) is 1.40. The van der Waals surface area contributed by atoms with Crippen LogP contribution in [0, 0.1) is 0 Å². The van der Waals surface area contributed by atoms with E-state index in [0.717, 1.165) is 44.5 Å². The highest BCUT2D eigenvalue weighted by molar-refractivity contribution is 14.0. The van der Waals surface area contributed by atoms with Crippen LogP contribution in [0.5, 0.6) is 5.88 Å². The van der Waals surface area contributed by atoms with Crippen molar-refractivity contribution in [1.29, 1.82) is 0 Å². The molecule has 2 rings (SSSR count). The molecule has 0 saturated carbocycles. The van der Waals surface area contributed by atoms with E-state index in [-0.39, 0.29) is 36.4 Å². The van der Waals surface area contributed by atoms with Crippen molar-refractivity contribution in [3.05, 3.63) is 23.9 Å². The Hall–Kier alpha value is -1.58. The van der Waals surface area contributed by atoms with Gasteiger partial charge in [-0.05, 0) is 31.7 Å². The summed E-state index contributed by atoms with van der Waals surface area (Å²) in [6, 6.07) is 3.82. The van der Waals surface area contributed by atoms with Crippen molar-refractivity contribution < 1.29 is 9.53 Å². The van der Waals surface area contributed by atoms with Crippen LogP contribution in [0.15, 0.2) is 23.3 Å². The van der Waals surface area contributed by atoms with Crippen molar-refractivity contribution in [3.63, 3.8) is 0 Å². The molecule has 146 valence electrons. The maximum absolute atomic E-state index is 12.1. The lowest BCUT2D eigenvalue weighted by Crippen LogP contribution is -2.44. The largest absolute Gasteiger partial charge is 0.478 e. The Morgan fingerprint density at radius 3 is 2.65 bits per heavy atom. The molecule has 0 atom stereocenters. The SMILES string of the molecule is CCCOc1ccc(CN=C(NCC)NCC(=O)N2CCCC2)cn1.I. The van der Waals surface area contributed by atoms with Crippen LogP contribution in [-0.2, 0) is 11.3 Å². The number of guanidine groups is 1. The monoisotopic (exact) mass is 475 g/mol. The van der Waals surface area contributed by atoms with E-state index in [1.807, 2.05) is 24.0 Å². The summed E-state index contributed by atoms with van der Waals surface area (Å²) in [5, 5.41) is 6.27. The second-order valence-corrected chi connectivity index (χ2v) is 5.99. The Morgan fingerprint density at radius 2 is 2.04 bits per heavy atom. The smallest absolute Gasteiger partial charge is 0.241 e. The number of hydrogen-bond acceptors (Lipinski definition) is 4. The minimum Gasteiger partial charge on any atom is -0.478 e. The number of carbonyl (C=O) groups is 1. The molecule has 0 bridgehead atoms. The molecule has 1 aromatic heterocycles. The normalized spacial score (nSPS) is 13.9. The highest BCUT2D eigenvalue weighted by Gasteiger charge is 2.17. The number of hydrogen-bond donors (Lipinski definition) is 2. The number of amides is 1. The van der Waals surface area contributed by atoms with E-state index in [1.54, 1.807) is 6.20 Å². The summed E-state index contributed by atoms with van der Waals surface area (Å²) < 4.78 is 5.47. The van der Waals surface area contributed by atoms with E-state index < -0.39 is 0 Å². The summed E-state index contributed by atoms with van der Waals surface area (Å²) in [6.45, 7) is 7.98. The van der Waals surface area contributed by atoms with Gasteiger partial charge in [0.05, 0.1) is 19.7 Å². The van der Waals surface area contributed by atoms with E-state index in [4.69, 9.17) is 4.74 Å². The van der Waals surface area contributed by atoms with E-state index >= 15 is 0 Å². The number of nitrogens with one attached hydrogen (secondary N) is 2. The van der Waals surface area contributed by atoms with Crippen LogP contribution in [0.2, 0.25) is 0 Å². The first-order valence-corrected chi connectivity index (χ1v) is 9.10. The van der Waals surface area contributed by atoms with Crippen LogP contribution in [0.4, 0.5) is 0 Å². The quantitative estimate of drug-likeness (QED) is 0.343. The fourth-order valence-corrected chi connectivity index (χ4v) is 2.55. The van der Waals surface area contributed by atoms with Crippen LogP contribution in [0.3, 0.4) is 0 Å². The average Bonchev–Trinajstić information content (AvgIpc) is 3.17. The van der Waals surface area contributed by atoms with Crippen LogP contribution >= 0.6 is 24.0 Å². The maximum Gasteiger partial charge on any atom is 0.241 e. The predicted octanol–water partition coefficient (Wildman–Crippen LogP) is 2.17. The van der Waals surface area contributed by atoms with Gasteiger partial charge in [0.2, 0.25) is 11.8 Å². The van der Waals surface area contributed by atoms with E-state index in [1.165, 1.54) is 0 Å². The third-order valence-corrected chi connectivity index (χ3v) is 3.88. The van der Waals surface area contributed by atoms with Gasteiger partial charge in [0.1, 0.15) is 0 Å². The van der Waals surface area contributed by atoms with Crippen molar-refractivity contribution >= 4 is 35.8 Å². The highest BCUT2D eigenvalue weighted by Crippen LogP contribution is 2.09. The van der Waals surface area contributed by atoms with Crippen molar-refractivity contribution in [2.45, 2.75) is 39.7 Å². The summed E-state index contributed by atoms with van der Waals surface area (Å²) >= 11 is 0. The van der Waals surface area contributed by atoms with Gasteiger partial charge >= 0.3 is 0 Å². The van der Waals surface area contributed by atoms with Gasteiger partial charge in [-0.1, -0.05) is 13.0 Å². The van der Waals surface area contributed by atoms with E-state index in [2.05, 4.69) is 27.5 Å². The first-order chi connectivity index (χ1) is 12.2. The average molecular weight is 475 g/mol. The lowest BCUT2D eigenvalue weighted by atomic mass is 10.3. The molecule has 0 aromatic carbocycles. The third-order valence-electron chi connectivity index (χ3n) is 3.88. The fourth-order valence-electron chi connectivity index (χ4n) is 2.55. The zero-order chi connectivity index (χ0) is 17.9. The maximum atomic E-state index is 12.1. The molecule has 1 saturated heterocycles. The molecule has 1 aliphatic rings. The third kappa shape index (κ3) is 7.76. The summed E-state index contributed by atoms with van der Waals surface area (Å²) in [5.41, 5.74) is 0.993. The summed E-state index contributed by atoms with van der Waals surface area (Å²) in [6.07, 6.45) is 4.94. The number of likely N-dealkylation sites (tertiary alicyclic amines) is 1. The molecule has 1 amide bonds. The number of halogens is 1. The molecule has 1 fully saturated rings. The Labute approximate surface area is 173 Å². The Balaban J connectivity index is 0.00000338. The molecule has 2 N–H and O–H groups in total. The second kappa shape index (κ2) is 12.7. The van der Waals surface area contributed by atoms with Crippen LogP contribution < -0.4 is 15.4 Å². The molecule has 8 heteroatoms. The molecular formula is C18H30IN5O2. The minimum atomic E-state index is 0. The molecule has 7 nitrogen and oxygen atoms in total. The number of aliphatic imine (C=N–C) groups is 1. The number of aromatic nitrogens is 1. The number of pyridine rings is 1. The van der Waals surface area contributed by atoms with Gasteiger partial charge in [0.25, 0.3) is 0 Å². The van der Waals surface area contributed by atoms with Crippen molar-refractivity contribution in [1.82, 2.24) is 20.5 Å². The van der Waals surface area contributed by atoms with Gasteiger partial charge in [-0.15, -0.1) is 24.0 Å². The molecule has 1 aliphatic heterocycles. The number of carbonyl (C=O) groups excluding carboxylic acids is 1. The van der Waals surface area contributed by atoms with Crippen molar-refractivity contribution in [2.24, 2.45) is 4.99 Å². The van der Waals surface area contributed by atoms with Gasteiger partial charge in [-0.3, -0.25) is 4.79 Å². The molecule has 26 heavy (non-hydrogen) atoms. The fraction of sp³-hybridized carbons (Fsp3) is 0.611. The number of rotatable bonds is 8. The molecule has 0 aliphatic carbocycles. The molecule has 2 heterocycles. The van der Waals surface area contributed by atoms with Crippen molar-refractivity contribution in [2.75, 3.05) is 32.8 Å². The van der Waals surface area contributed by atoms with Gasteiger partial charge in [0, 0.05) is 31.9 Å². The topological polar surface area (TPSA) is 78.8 Å². The first-order valence-electron chi connectivity index (χ1n) is 9.10. The number of nitrogens with zero attached hydrogens (tertiary/aromatic N) is 3. The number of ether oxygens (including phenoxy) is 1. The lowest BCUT2D eigenvalue weighted by Gasteiger charge is -2.17. The van der Waals surface area contributed by atoms with Gasteiger partial charge in [0.15, 0.2) is 5.96 Å². The lowest BCUT2D eigenvalue weighted by molar-refractivity contribution is -0.128. The molecular weight excluding hydrogens is 445 g/mol. The predicted molar refractivity (Wildman–Crippen MR) is 114 cm³/mol. The Kier molecular flexibility index (Phi) is 11.0.